The van der Waals surface area contributed by atoms with Crippen LogP contribution in [0.15, 0.2) is 91.3 Å². The highest BCUT2D eigenvalue weighted by Gasteiger charge is 2.28. The van der Waals surface area contributed by atoms with Gasteiger partial charge in [0.2, 0.25) is 5.95 Å². The van der Waals surface area contributed by atoms with Crippen LogP contribution >= 0.6 is 11.8 Å². The topological polar surface area (TPSA) is 103 Å². The number of halogens is 2. The number of hydrogen-bond donors (Lipinski definition) is 2. The molecule has 2 saturated heterocycles. The van der Waals surface area contributed by atoms with Crippen molar-refractivity contribution in [3.63, 3.8) is 0 Å². The summed E-state index contributed by atoms with van der Waals surface area (Å²) in [5.74, 6) is -0.121. The molecule has 0 unspecified atom stereocenters. The minimum atomic E-state index is -0.860. The van der Waals surface area contributed by atoms with Gasteiger partial charge in [-0.3, -0.25) is 19.0 Å². The molecule has 0 aliphatic carbocycles. The highest BCUT2D eigenvalue weighted by molar-refractivity contribution is 7.98. The number of nitrogens with one attached hydrogen (secondary N) is 2. The smallest absolute Gasteiger partial charge is 0.255 e. The average Bonchev–Trinajstić information content (AvgIpc) is 3.66. The second-order valence-corrected chi connectivity index (χ2v) is 15.7. The predicted octanol–water partition coefficient (Wildman–Crippen LogP) is 8.00. The highest BCUT2D eigenvalue weighted by Crippen LogP contribution is 2.36. The van der Waals surface area contributed by atoms with Crippen LogP contribution in [0.4, 0.5) is 31.8 Å². The van der Waals surface area contributed by atoms with Crippen LogP contribution in [0.3, 0.4) is 0 Å². The Bertz CT molecular complexity index is 2390. The molecular formula is C44H47F2N9O2S. The summed E-state index contributed by atoms with van der Waals surface area (Å²) in [4.78, 5) is 35.5. The molecule has 2 aliphatic heterocycles. The lowest BCUT2D eigenvalue weighted by Gasteiger charge is -2.43. The monoisotopic (exact) mass is 803 g/mol. The third-order valence-electron chi connectivity index (χ3n) is 11.1. The van der Waals surface area contributed by atoms with Crippen molar-refractivity contribution in [2.45, 2.75) is 25.8 Å². The van der Waals surface area contributed by atoms with E-state index in [1.165, 1.54) is 18.4 Å². The number of carbonyl (C=O) groups excluding carboxylic acids is 1. The first-order valence-corrected chi connectivity index (χ1v) is 21.0. The Hall–Kier alpha value is -5.57. The fourth-order valence-corrected chi connectivity index (χ4v) is 8.41. The van der Waals surface area contributed by atoms with Gasteiger partial charge in [-0.05, 0) is 80.1 Å². The van der Waals surface area contributed by atoms with Crippen molar-refractivity contribution in [1.29, 1.82) is 0 Å². The van der Waals surface area contributed by atoms with Gasteiger partial charge < -0.3 is 20.3 Å². The van der Waals surface area contributed by atoms with Crippen molar-refractivity contribution in [1.82, 2.24) is 29.2 Å². The normalized spacial score (nSPS) is 15.5. The van der Waals surface area contributed by atoms with Gasteiger partial charge in [0, 0.05) is 92.9 Å². The first kappa shape index (κ1) is 39.3. The number of carbonyl (C=O) groups is 1. The van der Waals surface area contributed by atoms with Crippen molar-refractivity contribution in [2.75, 3.05) is 80.5 Å². The van der Waals surface area contributed by atoms with E-state index in [4.69, 9.17) is 14.7 Å². The summed E-state index contributed by atoms with van der Waals surface area (Å²) < 4.78 is 36.6. The lowest BCUT2D eigenvalue weighted by Crippen LogP contribution is -2.53. The molecule has 300 valence electrons. The van der Waals surface area contributed by atoms with E-state index in [1.54, 1.807) is 31.5 Å². The second-order valence-electron chi connectivity index (χ2n) is 14.7. The molecule has 2 N–H and O–H groups in total. The summed E-state index contributed by atoms with van der Waals surface area (Å²) in [6, 6.07) is 22.8. The number of methoxy groups -OCH3 is 1. The van der Waals surface area contributed by atoms with Crippen LogP contribution in [0.5, 0.6) is 5.75 Å². The van der Waals surface area contributed by atoms with Crippen molar-refractivity contribution >= 4 is 46.3 Å². The third kappa shape index (κ3) is 8.36. The molecule has 0 saturated carbocycles. The molecule has 58 heavy (non-hydrogen) atoms. The molecule has 0 spiro atoms. The zero-order chi connectivity index (χ0) is 40.2. The number of imidazole rings is 1. The largest absolute Gasteiger partial charge is 0.494 e. The summed E-state index contributed by atoms with van der Waals surface area (Å²) in [6.07, 6.45) is 8.07. The maximum atomic E-state index is 14.4. The first-order chi connectivity index (χ1) is 28.3. The van der Waals surface area contributed by atoms with E-state index >= 15 is 0 Å². The number of aromatic nitrogens is 4. The van der Waals surface area contributed by atoms with E-state index in [9.17, 15) is 13.6 Å². The zero-order valence-corrected chi connectivity index (χ0v) is 33.7. The van der Waals surface area contributed by atoms with Crippen LogP contribution in [0, 0.1) is 18.6 Å². The summed E-state index contributed by atoms with van der Waals surface area (Å²) in [6.45, 7) is 9.79. The molecule has 2 aliphatic rings. The van der Waals surface area contributed by atoms with Crippen molar-refractivity contribution in [2.24, 2.45) is 0 Å². The van der Waals surface area contributed by atoms with Crippen LogP contribution in [0.1, 0.15) is 28.8 Å². The van der Waals surface area contributed by atoms with E-state index in [0.29, 0.717) is 40.4 Å². The summed E-state index contributed by atoms with van der Waals surface area (Å²) in [5.41, 5.74) is 5.70. The quantitative estimate of drug-likeness (QED) is 0.127. The predicted molar refractivity (Wildman–Crippen MR) is 229 cm³/mol. The number of fused-ring (bicyclic) bond motifs is 1. The van der Waals surface area contributed by atoms with Crippen molar-refractivity contribution in [3.05, 3.63) is 114 Å². The molecule has 11 nitrogen and oxygen atoms in total. The summed E-state index contributed by atoms with van der Waals surface area (Å²) in [7, 11) is 1.67. The van der Waals surface area contributed by atoms with Gasteiger partial charge >= 0.3 is 0 Å². The van der Waals surface area contributed by atoms with Crippen molar-refractivity contribution in [3.8, 4) is 28.4 Å². The third-order valence-corrected chi connectivity index (χ3v) is 11.7. The van der Waals surface area contributed by atoms with E-state index in [-0.39, 0.29) is 5.56 Å². The summed E-state index contributed by atoms with van der Waals surface area (Å²) in [5, 5.41) is 5.75. The number of para-hydroxylation sites is 1. The number of benzene rings is 3. The number of pyridine rings is 1. The van der Waals surface area contributed by atoms with Gasteiger partial charge in [-0.15, -0.1) is 0 Å². The van der Waals surface area contributed by atoms with Crippen LogP contribution in [-0.4, -0.2) is 106 Å². The number of piperazine rings is 1. The molecule has 14 heteroatoms. The average molecular weight is 804 g/mol. The van der Waals surface area contributed by atoms with Gasteiger partial charge in [-0.1, -0.05) is 24.3 Å². The fraction of sp³-hybridized carbons (Fsp3) is 0.318. The maximum Gasteiger partial charge on any atom is 0.255 e. The number of rotatable bonds is 12. The van der Waals surface area contributed by atoms with Crippen LogP contribution in [0.2, 0.25) is 0 Å². The number of anilines is 4. The molecule has 2 fully saturated rings. The minimum absolute atomic E-state index is 0.209. The Kier molecular flexibility index (Phi) is 11.9. The number of thioether (sulfide) groups is 1. The van der Waals surface area contributed by atoms with Crippen LogP contribution in [0.25, 0.3) is 28.3 Å². The van der Waals surface area contributed by atoms with E-state index < -0.39 is 23.2 Å². The summed E-state index contributed by atoms with van der Waals surface area (Å²) >= 11 is 1.92. The lowest BCUT2D eigenvalue weighted by molar-refractivity contribution is 0.0884. The first-order valence-electron chi connectivity index (χ1n) is 19.6. The number of ether oxygens (including phenoxy) is 1. The number of hydrogen-bond acceptors (Lipinski definition) is 10. The van der Waals surface area contributed by atoms with Crippen LogP contribution in [-0.2, 0) is 0 Å². The zero-order valence-electron chi connectivity index (χ0n) is 32.9. The maximum absolute atomic E-state index is 14.4. The van der Waals surface area contributed by atoms with E-state index in [2.05, 4.69) is 48.7 Å². The molecule has 3 aromatic heterocycles. The number of amides is 1. The molecule has 3 aromatic carbocycles. The molecular weight excluding hydrogens is 757 g/mol. The molecule has 8 rings (SSSR count). The molecule has 0 bridgehead atoms. The number of nitrogens with zero attached hydrogens (tertiary/aromatic N) is 7. The Morgan fingerprint density at radius 1 is 0.914 bits per heavy atom. The standard InChI is InChI=1S/C44H47F2N9O2S/c1-29-7-6-18-55-41(39(50-42(29)55)30-8-4-9-31(27-30)43(56)51-40-34(45)10-5-11-35(40)46)37-14-17-47-44(49-37)48-36-13-12-33(28-38(36)57-2)53-19-15-32(16-20-53)54-23-21-52(22-24-54)25-26-58-3/h4-14,17-18,27-28,32H,15-16,19-26H2,1-3H3,(H,51,56)(H,47,48,49). The van der Waals surface area contributed by atoms with Gasteiger partial charge in [0.05, 0.1) is 29.9 Å². The van der Waals surface area contributed by atoms with Crippen molar-refractivity contribution < 1.29 is 18.3 Å². The van der Waals surface area contributed by atoms with Gasteiger partial charge in [-0.25, -0.2) is 23.7 Å². The Balaban J connectivity index is 1.01. The van der Waals surface area contributed by atoms with Gasteiger partial charge in [0.1, 0.15) is 28.7 Å². The second kappa shape index (κ2) is 17.5. The van der Waals surface area contributed by atoms with Gasteiger partial charge in [0.25, 0.3) is 5.91 Å². The lowest BCUT2D eigenvalue weighted by atomic mass is 10.0. The molecule has 0 atom stereocenters. The Labute approximate surface area is 341 Å². The Morgan fingerprint density at radius 3 is 2.45 bits per heavy atom. The van der Waals surface area contributed by atoms with Gasteiger partial charge in [0.15, 0.2) is 0 Å². The fourth-order valence-electron chi connectivity index (χ4n) is 7.97. The highest BCUT2D eigenvalue weighted by atomic mass is 32.2. The molecule has 6 aromatic rings. The van der Waals surface area contributed by atoms with Gasteiger partial charge in [-0.2, -0.15) is 11.8 Å². The van der Waals surface area contributed by atoms with Crippen LogP contribution < -0.4 is 20.3 Å². The molecule has 5 heterocycles. The molecule has 1 amide bonds. The van der Waals surface area contributed by atoms with E-state index in [0.717, 1.165) is 86.8 Å². The Morgan fingerprint density at radius 2 is 1.69 bits per heavy atom. The SMILES string of the molecule is COc1cc(N2CCC(N3CCN(CCSC)CC3)CC2)ccc1Nc1nccc(-c2c(-c3cccc(C(=O)Nc4c(F)cccc4F)c3)nc3c(C)cccn23)n1. The minimum Gasteiger partial charge on any atom is -0.494 e. The number of piperidine rings is 1. The number of aryl methyl sites for hydroxylation is 1. The molecule has 0 radical (unpaired) electrons. The van der Waals surface area contributed by atoms with E-state index in [1.807, 2.05) is 59.6 Å².